The van der Waals surface area contributed by atoms with E-state index in [0.717, 1.165) is 18.4 Å². The SMILES string of the molecule is CCCCOc1cc(SC(F)(F)F)ccc1C(C)(C)C. The Hall–Kier alpha value is -0.840. The lowest BCUT2D eigenvalue weighted by atomic mass is 9.86. The van der Waals surface area contributed by atoms with E-state index in [4.69, 9.17) is 4.74 Å². The predicted octanol–water partition coefficient (Wildman–Crippen LogP) is 5.77. The Kier molecular flexibility index (Phi) is 5.80. The Morgan fingerprint density at radius 2 is 1.80 bits per heavy atom. The Bertz CT molecular complexity index is 436. The fraction of sp³-hybridized carbons (Fsp3) is 0.600. The van der Waals surface area contributed by atoms with Crippen LogP contribution in [0.25, 0.3) is 0 Å². The smallest absolute Gasteiger partial charge is 0.446 e. The Morgan fingerprint density at radius 1 is 1.15 bits per heavy atom. The molecule has 0 saturated carbocycles. The van der Waals surface area contributed by atoms with Gasteiger partial charge in [0.15, 0.2) is 0 Å². The molecule has 1 nitrogen and oxygen atoms in total. The molecule has 0 aliphatic carbocycles. The normalized spacial score (nSPS) is 12.6. The molecule has 0 aliphatic heterocycles. The van der Waals surface area contributed by atoms with E-state index in [1.54, 1.807) is 6.07 Å². The maximum absolute atomic E-state index is 12.4. The molecule has 0 spiro atoms. The lowest BCUT2D eigenvalue weighted by Crippen LogP contribution is -2.14. The number of alkyl halides is 3. The quantitative estimate of drug-likeness (QED) is 0.504. The highest BCUT2D eigenvalue weighted by Crippen LogP contribution is 2.40. The average Bonchev–Trinajstić information content (AvgIpc) is 2.25. The summed E-state index contributed by atoms with van der Waals surface area (Å²) < 4.78 is 43.0. The molecule has 0 unspecified atom stereocenters. The molecule has 5 heteroatoms. The van der Waals surface area contributed by atoms with Crippen LogP contribution < -0.4 is 4.74 Å². The van der Waals surface area contributed by atoms with Crippen molar-refractivity contribution in [2.24, 2.45) is 0 Å². The van der Waals surface area contributed by atoms with Gasteiger partial charge < -0.3 is 4.74 Å². The molecule has 0 N–H and O–H groups in total. The van der Waals surface area contributed by atoms with Gasteiger partial charge in [-0.1, -0.05) is 40.2 Å². The van der Waals surface area contributed by atoms with Crippen molar-refractivity contribution in [1.82, 2.24) is 0 Å². The number of hydrogen-bond acceptors (Lipinski definition) is 2. The zero-order valence-electron chi connectivity index (χ0n) is 12.3. The van der Waals surface area contributed by atoms with Gasteiger partial charge >= 0.3 is 5.51 Å². The summed E-state index contributed by atoms with van der Waals surface area (Å²) in [6.45, 7) is 8.63. The third kappa shape index (κ3) is 5.65. The van der Waals surface area contributed by atoms with Gasteiger partial charge in [0.2, 0.25) is 0 Å². The molecule has 0 aromatic heterocycles. The first kappa shape index (κ1) is 17.2. The zero-order chi connectivity index (χ0) is 15.4. The van der Waals surface area contributed by atoms with Crippen molar-refractivity contribution >= 4 is 11.8 Å². The van der Waals surface area contributed by atoms with Gasteiger partial charge in [0.25, 0.3) is 0 Å². The first-order valence-electron chi connectivity index (χ1n) is 6.66. The topological polar surface area (TPSA) is 9.23 Å². The summed E-state index contributed by atoms with van der Waals surface area (Å²) in [5, 5.41) is 0. The fourth-order valence-electron chi connectivity index (χ4n) is 1.77. The van der Waals surface area contributed by atoms with Crippen molar-refractivity contribution in [1.29, 1.82) is 0 Å². The van der Waals surface area contributed by atoms with Gasteiger partial charge in [-0.25, -0.2) is 0 Å². The van der Waals surface area contributed by atoms with Crippen LogP contribution in [-0.2, 0) is 5.41 Å². The second-order valence-corrected chi connectivity index (χ2v) is 6.80. The highest BCUT2D eigenvalue weighted by atomic mass is 32.2. The van der Waals surface area contributed by atoms with Gasteiger partial charge in [0.05, 0.1) is 6.61 Å². The largest absolute Gasteiger partial charge is 0.493 e. The molecule has 0 heterocycles. The summed E-state index contributed by atoms with van der Waals surface area (Å²) in [5.41, 5.74) is -3.51. The Labute approximate surface area is 122 Å². The van der Waals surface area contributed by atoms with Crippen LogP contribution in [0.15, 0.2) is 23.1 Å². The van der Waals surface area contributed by atoms with Gasteiger partial charge in [-0.2, -0.15) is 13.2 Å². The predicted molar refractivity (Wildman–Crippen MR) is 77.5 cm³/mol. The maximum Gasteiger partial charge on any atom is 0.446 e. The Morgan fingerprint density at radius 3 is 2.30 bits per heavy atom. The van der Waals surface area contributed by atoms with Crippen LogP contribution in [0.4, 0.5) is 13.2 Å². The number of benzene rings is 1. The number of ether oxygens (including phenoxy) is 1. The lowest BCUT2D eigenvalue weighted by Gasteiger charge is -2.23. The van der Waals surface area contributed by atoms with Gasteiger partial charge in [0.1, 0.15) is 5.75 Å². The highest BCUT2D eigenvalue weighted by molar-refractivity contribution is 8.00. The number of halogens is 3. The molecule has 1 rings (SSSR count). The van der Waals surface area contributed by atoms with E-state index in [9.17, 15) is 13.2 Å². The fourth-order valence-corrected chi connectivity index (χ4v) is 2.33. The van der Waals surface area contributed by atoms with Crippen LogP contribution in [0.2, 0.25) is 0 Å². The summed E-state index contributed by atoms with van der Waals surface area (Å²) in [5.74, 6) is 0.556. The molecule has 0 radical (unpaired) electrons. The van der Waals surface area contributed by atoms with Crippen LogP contribution >= 0.6 is 11.8 Å². The minimum Gasteiger partial charge on any atom is -0.493 e. The van der Waals surface area contributed by atoms with Crippen LogP contribution in [0.1, 0.15) is 46.1 Å². The standard InChI is InChI=1S/C15H21F3OS/c1-5-6-9-19-13-10-11(20-15(16,17)18)7-8-12(13)14(2,3)4/h7-8,10H,5-6,9H2,1-4H3. The molecule has 0 saturated heterocycles. The molecule has 0 aliphatic rings. The van der Waals surface area contributed by atoms with Crippen LogP contribution in [-0.4, -0.2) is 12.1 Å². The minimum atomic E-state index is -4.27. The average molecular weight is 306 g/mol. The van der Waals surface area contributed by atoms with E-state index >= 15 is 0 Å². The van der Waals surface area contributed by atoms with Crippen LogP contribution in [0.3, 0.4) is 0 Å². The first-order valence-corrected chi connectivity index (χ1v) is 7.48. The van der Waals surface area contributed by atoms with E-state index in [1.807, 2.05) is 27.7 Å². The number of thioether (sulfide) groups is 1. The number of hydrogen-bond donors (Lipinski definition) is 0. The van der Waals surface area contributed by atoms with Crippen molar-refractivity contribution in [2.45, 2.75) is 56.4 Å². The lowest BCUT2D eigenvalue weighted by molar-refractivity contribution is -0.0328. The molecule has 114 valence electrons. The van der Waals surface area contributed by atoms with Gasteiger partial charge in [-0.15, -0.1) is 0 Å². The number of unbranched alkanes of at least 4 members (excludes halogenated alkanes) is 1. The maximum atomic E-state index is 12.4. The second-order valence-electron chi connectivity index (χ2n) is 5.66. The van der Waals surface area contributed by atoms with Crippen molar-refractivity contribution in [3.63, 3.8) is 0 Å². The summed E-state index contributed by atoms with van der Waals surface area (Å²) in [6, 6.07) is 4.73. The molecule has 0 amide bonds. The van der Waals surface area contributed by atoms with Crippen molar-refractivity contribution in [3.8, 4) is 5.75 Å². The summed E-state index contributed by atoms with van der Waals surface area (Å²) in [6.07, 6.45) is 1.88. The van der Waals surface area contributed by atoms with Gasteiger partial charge in [0, 0.05) is 4.90 Å². The van der Waals surface area contributed by atoms with E-state index < -0.39 is 5.51 Å². The molecule has 1 aromatic carbocycles. The third-order valence-electron chi connectivity index (χ3n) is 2.75. The van der Waals surface area contributed by atoms with E-state index in [1.165, 1.54) is 12.1 Å². The molecule has 20 heavy (non-hydrogen) atoms. The highest BCUT2D eigenvalue weighted by Gasteiger charge is 2.30. The first-order chi connectivity index (χ1) is 9.13. The number of rotatable bonds is 5. The molecule has 0 fully saturated rings. The van der Waals surface area contributed by atoms with Crippen molar-refractivity contribution in [2.75, 3.05) is 6.61 Å². The van der Waals surface area contributed by atoms with E-state index in [-0.39, 0.29) is 22.1 Å². The summed E-state index contributed by atoms with van der Waals surface area (Å²) >= 11 is -0.107. The molecular weight excluding hydrogens is 285 g/mol. The van der Waals surface area contributed by atoms with Gasteiger partial charge in [-0.05, 0) is 41.3 Å². The molecular formula is C15H21F3OS. The van der Waals surface area contributed by atoms with Crippen molar-refractivity contribution in [3.05, 3.63) is 23.8 Å². The molecule has 1 aromatic rings. The molecule has 0 atom stereocenters. The second kappa shape index (κ2) is 6.74. The Balaban J connectivity index is 3.02. The van der Waals surface area contributed by atoms with Crippen molar-refractivity contribution < 1.29 is 17.9 Å². The van der Waals surface area contributed by atoms with Crippen LogP contribution in [0, 0.1) is 0 Å². The van der Waals surface area contributed by atoms with E-state index in [0.29, 0.717) is 12.4 Å². The summed E-state index contributed by atoms with van der Waals surface area (Å²) in [7, 11) is 0. The van der Waals surface area contributed by atoms with Gasteiger partial charge in [-0.3, -0.25) is 0 Å². The minimum absolute atomic E-state index is 0.107. The zero-order valence-corrected chi connectivity index (χ0v) is 13.1. The van der Waals surface area contributed by atoms with E-state index in [2.05, 4.69) is 0 Å². The molecule has 0 bridgehead atoms. The summed E-state index contributed by atoms with van der Waals surface area (Å²) in [4.78, 5) is 0.164. The third-order valence-corrected chi connectivity index (χ3v) is 3.47. The monoisotopic (exact) mass is 306 g/mol. The van der Waals surface area contributed by atoms with Crippen LogP contribution in [0.5, 0.6) is 5.75 Å².